The SMILES string of the molecule is O=C(Cc1ccccc1)Nc1cncc(-c2cc3c(-c4nc5c(-c6ccoc6)cccc5[nH]4)n[nH]c3cn2)c1. The van der Waals surface area contributed by atoms with Crippen LogP contribution >= 0.6 is 0 Å². The molecule has 0 unspecified atom stereocenters. The second kappa shape index (κ2) is 9.38. The van der Waals surface area contributed by atoms with Gasteiger partial charge in [0.1, 0.15) is 5.69 Å². The molecule has 5 aromatic heterocycles. The maximum Gasteiger partial charge on any atom is 0.228 e. The summed E-state index contributed by atoms with van der Waals surface area (Å²) in [7, 11) is 0. The standard InChI is InChI=1S/C30H21N7O2/c38-27(11-18-5-2-1-3-6-18)33-21-12-20(14-31-15-21)25-13-23-26(16-32-25)36-37-29(23)30-34-24-8-4-7-22(28(24)35-30)19-9-10-39-17-19/h1-10,12-17H,11H2,(H,33,38)(H,34,35)(H,36,37). The van der Waals surface area contributed by atoms with E-state index in [9.17, 15) is 4.79 Å². The van der Waals surface area contributed by atoms with Crippen molar-refractivity contribution in [2.75, 3.05) is 5.32 Å². The first-order valence-electron chi connectivity index (χ1n) is 12.4. The fourth-order valence-electron chi connectivity index (χ4n) is 4.68. The number of hydrogen-bond acceptors (Lipinski definition) is 6. The van der Waals surface area contributed by atoms with Gasteiger partial charge in [0.15, 0.2) is 5.82 Å². The number of nitrogens with one attached hydrogen (secondary N) is 3. The molecule has 9 nitrogen and oxygen atoms in total. The first kappa shape index (κ1) is 22.6. The lowest BCUT2D eigenvalue weighted by Crippen LogP contribution is -2.14. The molecular weight excluding hydrogens is 490 g/mol. The van der Waals surface area contributed by atoms with Gasteiger partial charge in [-0.15, -0.1) is 0 Å². The number of aromatic amines is 2. The average molecular weight is 512 g/mol. The molecule has 9 heteroatoms. The number of benzene rings is 2. The Bertz CT molecular complexity index is 1940. The van der Waals surface area contributed by atoms with Crippen LogP contribution in [-0.4, -0.2) is 36.0 Å². The van der Waals surface area contributed by atoms with Crippen LogP contribution in [-0.2, 0) is 11.2 Å². The third-order valence-corrected chi connectivity index (χ3v) is 6.54. The number of aromatic nitrogens is 6. The summed E-state index contributed by atoms with van der Waals surface area (Å²) in [6.45, 7) is 0. The van der Waals surface area contributed by atoms with Crippen LogP contribution in [0.2, 0.25) is 0 Å². The van der Waals surface area contributed by atoms with Gasteiger partial charge in [-0.1, -0.05) is 42.5 Å². The van der Waals surface area contributed by atoms with Crippen LogP contribution in [0.5, 0.6) is 0 Å². The van der Waals surface area contributed by atoms with E-state index in [2.05, 4.69) is 30.5 Å². The normalized spacial score (nSPS) is 11.3. The second-order valence-corrected chi connectivity index (χ2v) is 9.16. The maximum atomic E-state index is 12.6. The number of anilines is 1. The molecule has 0 aliphatic carbocycles. The van der Waals surface area contributed by atoms with E-state index in [4.69, 9.17) is 9.40 Å². The molecule has 0 aliphatic heterocycles. The summed E-state index contributed by atoms with van der Waals surface area (Å²) in [5, 5.41) is 11.4. The van der Waals surface area contributed by atoms with Gasteiger partial charge in [0.25, 0.3) is 0 Å². The number of H-pyrrole nitrogens is 2. The van der Waals surface area contributed by atoms with Crippen LogP contribution in [0.3, 0.4) is 0 Å². The Morgan fingerprint density at radius 1 is 0.923 bits per heavy atom. The van der Waals surface area contributed by atoms with Crippen molar-refractivity contribution in [2.45, 2.75) is 6.42 Å². The molecule has 0 saturated heterocycles. The monoisotopic (exact) mass is 511 g/mol. The van der Waals surface area contributed by atoms with Crippen molar-refractivity contribution in [1.82, 2.24) is 30.1 Å². The van der Waals surface area contributed by atoms with Gasteiger partial charge in [0.05, 0.1) is 59.3 Å². The van der Waals surface area contributed by atoms with Crippen molar-refractivity contribution in [3.63, 3.8) is 0 Å². The topological polar surface area (TPSA) is 125 Å². The van der Waals surface area contributed by atoms with Crippen molar-refractivity contribution < 1.29 is 9.21 Å². The van der Waals surface area contributed by atoms with Gasteiger partial charge in [0, 0.05) is 28.3 Å². The lowest BCUT2D eigenvalue weighted by atomic mass is 10.1. The number of nitrogens with zero attached hydrogens (tertiary/aromatic N) is 4. The van der Waals surface area contributed by atoms with E-state index < -0.39 is 0 Å². The highest BCUT2D eigenvalue weighted by atomic mass is 16.3. The number of rotatable bonds is 6. The lowest BCUT2D eigenvalue weighted by Gasteiger charge is -2.07. The second-order valence-electron chi connectivity index (χ2n) is 9.16. The quantitative estimate of drug-likeness (QED) is 0.251. The maximum absolute atomic E-state index is 12.6. The van der Waals surface area contributed by atoms with Crippen LogP contribution in [0.15, 0.2) is 102 Å². The summed E-state index contributed by atoms with van der Waals surface area (Å²) in [4.78, 5) is 29.8. The van der Waals surface area contributed by atoms with Crippen LogP contribution in [0.25, 0.3) is 55.8 Å². The summed E-state index contributed by atoms with van der Waals surface area (Å²) in [5.74, 6) is 0.532. The highest BCUT2D eigenvalue weighted by Crippen LogP contribution is 2.32. The summed E-state index contributed by atoms with van der Waals surface area (Å²) < 4.78 is 5.28. The van der Waals surface area contributed by atoms with Crippen LogP contribution in [0.1, 0.15) is 5.56 Å². The number of amides is 1. The van der Waals surface area contributed by atoms with Crippen molar-refractivity contribution in [2.24, 2.45) is 0 Å². The third-order valence-electron chi connectivity index (χ3n) is 6.54. The Kier molecular flexibility index (Phi) is 5.44. The number of furan rings is 1. The van der Waals surface area contributed by atoms with Gasteiger partial charge in [-0.25, -0.2) is 4.98 Å². The van der Waals surface area contributed by atoms with E-state index in [0.29, 0.717) is 22.9 Å². The molecule has 3 N–H and O–H groups in total. The van der Waals surface area contributed by atoms with Crippen molar-refractivity contribution >= 4 is 33.5 Å². The Morgan fingerprint density at radius 3 is 2.72 bits per heavy atom. The molecule has 1 amide bonds. The molecular formula is C30H21N7O2. The number of hydrogen-bond donors (Lipinski definition) is 3. The highest BCUT2D eigenvalue weighted by molar-refractivity contribution is 5.98. The predicted molar refractivity (Wildman–Crippen MR) is 149 cm³/mol. The molecule has 0 saturated carbocycles. The van der Waals surface area contributed by atoms with Crippen LogP contribution < -0.4 is 5.32 Å². The van der Waals surface area contributed by atoms with Crippen LogP contribution in [0.4, 0.5) is 5.69 Å². The molecule has 39 heavy (non-hydrogen) atoms. The van der Waals surface area contributed by atoms with Crippen molar-refractivity contribution in [3.05, 3.63) is 103 Å². The number of carbonyl (C=O) groups is 1. The zero-order valence-corrected chi connectivity index (χ0v) is 20.6. The molecule has 188 valence electrons. The summed E-state index contributed by atoms with van der Waals surface area (Å²) in [6.07, 6.45) is 8.72. The number of carbonyl (C=O) groups excluding carboxylic acids is 1. The fraction of sp³-hybridized carbons (Fsp3) is 0.0333. The minimum atomic E-state index is -0.111. The van der Waals surface area contributed by atoms with Crippen molar-refractivity contribution in [1.29, 1.82) is 0 Å². The molecule has 7 aromatic rings. The molecule has 2 aromatic carbocycles. The molecule has 0 aliphatic rings. The van der Waals surface area contributed by atoms with Gasteiger partial charge in [-0.3, -0.25) is 19.9 Å². The Hall–Kier alpha value is -5.57. The largest absolute Gasteiger partial charge is 0.472 e. The van der Waals surface area contributed by atoms with Crippen molar-refractivity contribution in [3.8, 4) is 33.9 Å². The van der Waals surface area contributed by atoms with Gasteiger partial charge in [0.2, 0.25) is 5.91 Å². The predicted octanol–water partition coefficient (Wildman–Crippen LogP) is 6.00. The van der Waals surface area contributed by atoms with Gasteiger partial charge >= 0.3 is 0 Å². The highest BCUT2D eigenvalue weighted by Gasteiger charge is 2.17. The van der Waals surface area contributed by atoms with Gasteiger partial charge in [-0.2, -0.15) is 5.10 Å². The first-order chi connectivity index (χ1) is 19.2. The average Bonchev–Trinajstić information content (AvgIpc) is 3.73. The minimum Gasteiger partial charge on any atom is -0.472 e. The van der Waals surface area contributed by atoms with Gasteiger partial charge < -0.3 is 14.7 Å². The van der Waals surface area contributed by atoms with E-state index in [1.54, 1.807) is 31.1 Å². The molecule has 0 spiro atoms. The summed E-state index contributed by atoms with van der Waals surface area (Å²) in [5.41, 5.74) is 8.16. The molecule has 5 heterocycles. The zero-order chi connectivity index (χ0) is 26.2. The lowest BCUT2D eigenvalue weighted by molar-refractivity contribution is -0.115. The fourth-order valence-corrected chi connectivity index (χ4v) is 4.68. The molecule has 0 atom stereocenters. The van der Waals surface area contributed by atoms with Gasteiger partial charge in [-0.05, 0) is 29.8 Å². The Labute approximate surface area is 222 Å². The summed E-state index contributed by atoms with van der Waals surface area (Å²) >= 11 is 0. The molecule has 0 fully saturated rings. The summed E-state index contributed by atoms with van der Waals surface area (Å²) in [6, 6.07) is 21.3. The molecule has 0 bridgehead atoms. The number of pyridine rings is 2. The van der Waals surface area contributed by atoms with E-state index >= 15 is 0 Å². The molecule has 0 radical (unpaired) electrons. The van der Waals surface area contributed by atoms with E-state index in [0.717, 1.165) is 44.2 Å². The number of para-hydroxylation sites is 1. The van der Waals surface area contributed by atoms with E-state index in [-0.39, 0.29) is 12.3 Å². The minimum absolute atomic E-state index is 0.111. The number of imidazole rings is 1. The number of fused-ring (bicyclic) bond motifs is 2. The van der Waals surface area contributed by atoms with Crippen LogP contribution in [0, 0.1) is 0 Å². The first-order valence-corrected chi connectivity index (χ1v) is 12.4. The smallest absolute Gasteiger partial charge is 0.228 e. The van der Waals surface area contributed by atoms with E-state index in [1.807, 2.05) is 66.7 Å². The molecule has 7 rings (SSSR count). The Morgan fingerprint density at radius 2 is 1.85 bits per heavy atom. The van der Waals surface area contributed by atoms with E-state index in [1.165, 1.54) is 0 Å². The zero-order valence-electron chi connectivity index (χ0n) is 20.6. The Balaban J connectivity index is 1.21. The third kappa shape index (κ3) is 4.31.